The Morgan fingerprint density at radius 1 is 1.12 bits per heavy atom. The quantitative estimate of drug-likeness (QED) is 0.914. The van der Waals surface area contributed by atoms with Crippen molar-refractivity contribution < 1.29 is 9.59 Å². The highest BCUT2D eigenvalue weighted by molar-refractivity contribution is 6.10. The Kier molecular flexibility index (Phi) is 4.04. The van der Waals surface area contributed by atoms with Gasteiger partial charge in [-0.15, -0.1) is 0 Å². The summed E-state index contributed by atoms with van der Waals surface area (Å²) >= 11 is 0. The number of nitrogens with zero attached hydrogens (tertiary/aromatic N) is 2. The minimum atomic E-state index is -0.858. The molecule has 0 radical (unpaired) electrons. The first-order valence-electron chi connectivity index (χ1n) is 8.96. The Hall–Kier alpha value is -2.66. The molecule has 0 saturated carbocycles. The Balaban J connectivity index is 1.75. The van der Waals surface area contributed by atoms with Crippen LogP contribution in [0.2, 0.25) is 0 Å². The number of fused-ring (bicyclic) bond motifs is 1. The average molecular weight is 349 g/mol. The Morgan fingerprint density at radius 2 is 1.77 bits per heavy atom. The van der Waals surface area contributed by atoms with Crippen molar-refractivity contribution in [1.29, 1.82) is 0 Å². The largest absolute Gasteiger partial charge is 0.339 e. The predicted octanol–water partition coefficient (Wildman–Crippen LogP) is 1.70. The second-order valence-corrected chi connectivity index (χ2v) is 7.36. The zero-order valence-corrected chi connectivity index (χ0v) is 14.9. The van der Waals surface area contributed by atoms with E-state index in [1.165, 1.54) is 0 Å². The topological polar surface area (TPSA) is 66.6 Å². The van der Waals surface area contributed by atoms with Gasteiger partial charge in [0, 0.05) is 38.3 Å². The van der Waals surface area contributed by atoms with Crippen LogP contribution in [0.3, 0.4) is 0 Å². The van der Waals surface area contributed by atoms with Crippen LogP contribution >= 0.6 is 0 Å². The number of hydrogen-bond acceptors (Lipinski definition) is 3. The number of anilines is 1. The van der Waals surface area contributed by atoms with Crippen LogP contribution < -0.4 is 10.6 Å². The first-order chi connectivity index (χ1) is 12.5. The summed E-state index contributed by atoms with van der Waals surface area (Å²) in [6.45, 7) is 1.15. The summed E-state index contributed by atoms with van der Waals surface area (Å²) in [5, 5.41) is 0. The van der Waals surface area contributed by atoms with E-state index in [1.54, 1.807) is 16.8 Å². The summed E-state index contributed by atoms with van der Waals surface area (Å²) in [6.07, 6.45) is 0.689. The standard InChI is InChI=1S/C21H23N3O2/c1-23-18-10-6-5-9-17(18)21(20(23)26,11-15-7-3-2-4-8-15)12-19(25)24-13-16(22)14-24/h2-10,16H,11-14,22H2,1H3. The third kappa shape index (κ3) is 2.59. The van der Waals surface area contributed by atoms with Gasteiger partial charge in [0.15, 0.2) is 0 Å². The summed E-state index contributed by atoms with van der Waals surface area (Å²) in [4.78, 5) is 29.7. The molecule has 26 heavy (non-hydrogen) atoms. The van der Waals surface area contributed by atoms with Gasteiger partial charge in [-0.2, -0.15) is 0 Å². The first-order valence-corrected chi connectivity index (χ1v) is 8.96. The lowest BCUT2D eigenvalue weighted by Crippen LogP contribution is -2.59. The average Bonchev–Trinajstić information content (AvgIpc) is 2.83. The van der Waals surface area contributed by atoms with E-state index in [9.17, 15) is 9.59 Å². The monoisotopic (exact) mass is 349 g/mol. The fourth-order valence-electron chi connectivity index (χ4n) is 4.15. The molecule has 2 aliphatic heterocycles. The van der Waals surface area contributed by atoms with Gasteiger partial charge in [-0.25, -0.2) is 0 Å². The number of rotatable bonds is 4. The Labute approximate surface area is 153 Å². The molecule has 2 aromatic carbocycles. The van der Waals surface area contributed by atoms with Gasteiger partial charge in [0.1, 0.15) is 0 Å². The van der Waals surface area contributed by atoms with Gasteiger partial charge in [-0.1, -0.05) is 48.5 Å². The molecule has 134 valence electrons. The van der Waals surface area contributed by atoms with Gasteiger partial charge >= 0.3 is 0 Å². The van der Waals surface area contributed by atoms with Gasteiger partial charge in [0.2, 0.25) is 11.8 Å². The number of likely N-dealkylation sites (tertiary alicyclic amines) is 1. The van der Waals surface area contributed by atoms with Gasteiger partial charge < -0.3 is 15.5 Å². The smallest absolute Gasteiger partial charge is 0.238 e. The number of nitrogens with two attached hydrogens (primary N) is 1. The van der Waals surface area contributed by atoms with Crippen LogP contribution in [0.1, 0.15) is 17.5 Å². The van der Waals surface area contributed by atoms with E-state index in [1.807, 2.05) is 54.6 Å². The predicted molar refractivity (Wildman–Crippen MR) is 101 cm³/mol. The van der Waals surface area contributed by atoms with Crippen molar-refractivity contribution in [3.05, 3.63) is 65.7 Å². The van der Waals surface area contributed by atoms with Gasteiger partial charge in [-0.3, -0.25) is 9.59 Å². The van der Waals surface area contributed by atoms with Crippen molar-refractivity contribution in [2.45, 2.75) is 24.3 Å². The highest BCUT2D eigenvalue weighted by atomic mass is 16.2. The lowest BCUT2D eigenvalue weighted by molar-refractivity contribution is -0.139. The summed E-state index contributed by atoms with van der Waals surface area (Å²) in [5.74, 6) is -0.0122. The number of para-hydroxylation sites is 1. The lowest BCUT2D eigenvalue weighted by Gasteiger charge is -2.39. The number of carbonyl (C=O) groups is 2. The van der Waals surface area contributed by atoms with Crippen LogP contribution in [0.15, 0.2) is 54.6 Å². The molecule has 0 aliphatic carbocycles. The molecule has 2 amide bonds. The van der Waals surface area contributed by atoms with Crippen molar-refractivity contribution in [1.82, 2.24) is 4.90 Å². The lowest BCUT2D eigenvalue weighted by atomic mass is 9.73. The minimum absolute atomic E-state index is 0.00100. The van der Waals surface area contributed by atoms with Gasteiger partial charge in [0.25, 0.3) is 0 Å². The molecular formula is C21H23N3O2. The molecule has 0 bridgehead atoms. The molecule has 5 nitrogen and oxygen atoms in total. The maximum atomic E-state index is 13.3. The van der Waals surface area contributed by atoms with Gasteiger partial charge in [0.05, 0.1) is 5.41 Å². The fourth-order valence-corrected chi connectivity index (χ4v) is 4.15. The molecule has 2 aromatic rings. The van der Waals surface area contributed by atoms with Crippen molar-refractivity contribution in [2.24, 2.45) is 5.73 Å². The molecule has 1 saturated heterocycles. The van der Waals surface area contributed by atoms with Crippen molar-refractivity contribution >= 4 is 17.5 Å². The van der Waals surface area contributed by atoms with Crippen LogP contribution in [0, 0.1) is 0 Å². The van der Waals surface area contributed by atoms with Crippen LogP contribution in [0.5, 0.6) is 0 Å². The zero-order valence-electron chi connectivity index (χ0n) is 14.9. The molecule has 5 heteroatoms. The third-order valence-electron chi connectivity index (χ3n) is 5.56. The summed E-state index contributed by atoms with van der Waals surface area (Å²) < 4.78 is 0. The van der Waals surface area contributed by atoms with E-state index in [2.05, 4.69) is 0 Å². The molecule has 1 atom stereocenters. The van der Waals surface area contributed by atoms with Crippen LogP contribution in [-0.4, -0.2) is 42.9 Å². The molecule has 1 unspecified atom stereocenters. The summed E-state index contributed by atoms with van der Waals surface area (Å²) in [5.41, 5.74) is 7.85. The second kappa shape index (κ2) is 6.25. The third-order valence-corrected chi connectivity index (χ3v) is 5.56. The van der Waals surface area contributed by atoms with Crippen molar-refractivity contribution in [2.75, 3.05) is 25.0 Å². The number of carbonyl (C=O) groups excluding carboxylic acids is 2. The highest BCUT2D eigenvalue weighted by Gasteiger charge is 2.51. The highest BCUT2D eigenvalue weighted by Crippen LogP contribution is 2.45. The second-order valence-electron chi connectivity index (χ2n) is 7.36. The number of amides is 2. The SMILES string of the molecule is CN1C(=O)C(CC(=O)N2CC(N)C2)(Cc2ccccc2)c2ccccc21. The van der Waals surface area contributed by atoms with E-state index in [-0.39, 0.29) is 24.3 Å². The number of likely N-dealkylation sites (N-methyl/N-ethyl adjacent to an activating group) is 1. The Bertz CT molecular complexity index is 845. The minimum Gasteiger partial charge on any atom is -0.339 e. The maximum absolute atomic E-state index is 13.3. The summed E-state index contributed by atoms with van der Waals surface area (Å²) in [7, 11) is 1.79. The number of hydrogen-bond donors (Lipinski definition) is 1. The van der Waals surface area contributed by atoms with E-state index in [0.717, 1.165) is 16.8 Å². The molecule has 4 rings (SSSR count). The summed E-state index contributed by atoms with van der Waals surface area (Å²) in [6, 6.07) is 17.8. The molecule has 2 heterocycles. The van der Waals surface area contributed by atoms with Crippen LogP contribution in [0.4, 0.5) is 5.69 Å². The molecular weight excluding hydrogens is 326 g/mol. The Morgan fingerprint density at radius 3 is 2.46 bits per heavy atom. The van der Waals surface area contributed by atoms with Crippen LogP contribution in [-0.2, 0) is 21.4 Å². The molecule has 1 fully saturated rings. The van der Waals surface area contributed by atoms with Crippen LogP contribution in [0.25, 0.3) is 0 Å². The first kappa shape index (κ1) is 16.8. The van der Waals surface area contributed by atoms with E-state index >= 15 is 0 Å². The fraction of sp³-hybridized carbons (Fsp3) is 0.333. The molecule has 2 aliphatic rings. The van der Waals surface area contributed by atoms with E-state index < -0.39 is 5.41 Å². The van der Waals surface area contributed by atoms with E-state index in [0.29, 0.717) is 19.5 Å². The normalized spacial score (nSPS) is 22.3. The van der Waals surface area contributed by atoms with Crippen molar-refractivity contribution in [3.63, 3.8) is 0 Å². The van der Waals surface area contributed by atoms with Gasteiger partial charge in [-0.05, 0) is 23.6 Å². The molecule has 2 N–H and O–H groups in total. The van der Waals surface area contributed by atoms with Crippen molar-refractivity contribution in [3.8, 4) is 0 Å². The van der Waals surface area contributed by atoms with E-state index in [4.69, 9.17) is 5.73 Å². The molecule has 0 aromatic heterocycles. The maximum Gasteiger partial charge on any atom is 0.238 e. The zero-order chi connectivity index (χ0) is 18.3. The molecule has 0 spiro atoms. The number of benzene rings is 2.